The van der Waals surface area contributed by atoms with Gasteiger partial charge in [-0.3, -0.25) is 4.79 Å². The fraction of sp³-hybridized carbons (Fsp3) is 0.429. The molecule has 1 aromatic rings. The Kier molecular flexibility index (Phi) is 6.48. The number of esters is 1. The van der Waals surface area contributed by atoms with Gasteiger partial charge in [0.15, 0.2) is 0 Å². The molecule has 110 valence electrons. The van der Waals surface area contributed by atoms with Gasteiger partial charge in [-0.05, 0) is 44.1 Å². The van der Waals surface area contributed by atoms with E-state index in [1.807, 2.05) is 0 Å². The van der Waals surface area contributed by atoms with Gasteiger partial charge in [-0.2, -0.15) is 0 Å². The first kappa shape index (κ1) is 16.5. The molecule has 2 rings (SSSR count). The number of benzene rings is 1. The van der Waals surface area contributed by atoms with Crippen molar-refractivity contribution in [1.82, 2.24) is 5.32 Å². The van der Waals surface area contributed by atoms with Crippen molar-refractivity contribution in [2.75, 3.05) is 25.5 Å². The molecule has 1 aliphatic rings. The Morgan fingerprint density at radius 3 is 2.65 bits per heavy atom. The van der Waals surface area contributed by atoms with Crippen LogP contribution in [-0.2, 0) is 9.53 Å². The monoisotopic (exact) mass is 298 g/mol. The zero-order valence-electron chi connectivity index (χ0n) is 11.3. The second kappa shape index (κ2) is 7.87. The molecule has 1 aromatic carbocycles. The molecule has 2 N–H and O–H groups in total. The summed E-state index contributed by atoms with van der Waals surface area (Å²) in [5.74, 6) is -0.343. The van der Waals surface area contributed by atoms with E-state index in [1.165, 1.54) is 7.11 Å². The van der Waals surface area contributed by atoms with E-state index in [9.17, 15) is 9.59 Å². The standard InChI is InChI=1S/C14H18N2O3.ClH/c1-19-14(18)11-3-2-4-12(9-11)16-13(17)10-5-7-15-8-6-10;/h2-4,9-10,15H,5-8H2,1H3,(H,16,17);1H. The first-order chi connectivity index (χ1) is 9.20. The van der Waals surface area contributed by atoms with Gasteiger partial charge in [-0.25, -0.2) is 4.79 Å². The molecule has 0 atom stereocenters. The number of hydrogen-bond acceptors (Lipinski definition) is 4. The highest BCUT2D eigenvalue weighted by Crippen LogP contribution is 2.17. The highest BCUT2D eigenvalue weighted by atomic mass is 35.5. The van der Waals surface area contributed by atoms with E-state index < -0.39 is 5.97 Å². The lowest BCUT2D eigenvalue weighted by Gasteiger charge is -2.21. The third kappa shape index (κ3) is 4.21. The normalized spacial score (nSPS) is 15.1. The van der Waals surface area contributed by atoms with Crippen LogP contribution in [0.5, 0.6) is 0 Å². The average molecular weight is 299 g/mol. The molecule has 6 heteroatoms. The van der Waals surface area contributed by atoms with Crippen molar-refractivity contribution in [2.24, 2.45) is 5.92 Å². The van der Waals surface area contributed by atoms with Crippen LogP contribution in [0, 0.1) is 5.92 Å². The Labute approximate surface area is 124 Å². The van der Waals surface area contributed by atoms with Crippen LogP contribution in [0.2, 0.25) is 0 Å². The number of nitrogens with one attached hydrogen (secondary N) is 2. The van der Waals surface area contributed by atoms with E-state index in [-0.39, 0.29) is 24.2 Å². The lowest BCUT2D eigenvalue weighted by atomic mass is 9.97. The van der Waals surface area contributed by atoms with E-state index in [0.29, 0.717) is 11.3 Å². The van der Waals surface area contributed by atoms with Crippen LogP contribution in [0.25, 0.3) is 0 Å². The number of methoxy groups -OCH3 is 1. The predicted molar refractivity (Wildman–Crippen MR) is 79.3 cm³/mol. The van der Waals surface area contributed by atoms with Gasteiger partial charge >= 0.3 is 5.97 Å². The summed E-state index contributed by atoms with van der Waals surface area (Å²) >= 11 is 0. The summed E-state index contributed by atoms with van der Waals surface area (Å²) in [6, 6.07) is 6.78. The molecule has 0 unspecified atom stereocenters. The zero-order chi connectivity index (χ0) is 13.7. The van der Waals surface area contributed by atoms with Gasteiger partial charge in [-0.1, -0.05) is 6.07 Å². The van der Waals surface area contributed by atoms with Crippen LogP contribution < -0.4 is 10.6 Å². The minimum absolute atomic E-state index is 0. The largest absolute Gasteiger partial charge is 0.465 e. The summed E-state index contributed by atoms with van der Waals surface area (Å²) in [6.07, 6.45) is 1.70. The Morgan fingerprint density at radius 2 is 2.00 bits per heavy atom. The smallest absolute Gasteiger partial charge is 0.337 e. The lowest BCUT2D eigenvalue weighted by Crippen LogP contribution is -2.34. The molecule has 1 fully saturated rings. The van der Waals surface area contributed by atoms with Crippen LogP contribution in [-0.4, -0.2) is 32.1 Å². The number of halogens is 1. The second-order valence-corrected chi connectivity index (χ2v) is 4.59. The highest BCUT2D eigenvalue weighted by Gasteiger charge is 2.21. The fourth-order valence-corrected chi connectivity index (χ4v) is 2.17. The van der Waals surface area contributed by atoms with Gasteiger partial charge in [0.05, 0.1) is 12.7 Å². The topological polar surface area (TPSA) is 67.4 Å². The number of hydrogen-bond donors (Lipinski definition) is 2. The van der Waals surface area contributed by atoms with Crippen LogP contribution in [0.1, 0.15) is 23.2 Å². The van der Waals surface area contributed by atoms with Crippen LogP contribution in [0.3, 0.4) is 0 Å². The van der Waals surface area contributed by atoms with E-state index >= 15 is 0 Å². The number of anilines is 1. The quantitative estimate of drug-likeness (QED) is 0.836. The first-order valence-corrected chi connectivity index (χ1v) is 6.40. The number of piperidine rings is 1. The fourth-order valence-electron chi connectivity index (χ4n) is 2.17. The summed E-state index contributed by atoms with van der Waals surface area (Å²) in [5, 5.41) is 6.08. The van der Waals surface area contributed by atoms with Gasteiger partial charge in [-0.15, -0.1) is 12.4 Å². The molecule has 5 nitrogen and oxygen atoms in total. The maximum atomic E-state index is 12.1. The molecule has 1 heterocycles. The van der Waals surface area contributed by atoms with Crippen molar-refractivity contribution in [3.63, 3.8) is 0 Å². The number of carbonyl (C=O) groups excluding carboxylic acids is 2. The number of ether oxygens (including phenoxy) is 1. The molecule has 1 saturated heterocycles. The molecular formula is C14H19ClN2O3. The Balaban J connectivity index is 0.00000200. The van der Waals surface area contributed by atoms with Crippen LogP contribution >= 0.6 is 12.4 Å². The summed E-state index contributed by atoms with van der Waals surface area (Å²) in [5.41, 5.74) is 1.07. The van der Waals surface area contributed by atoms with E-state index in [0.717, 1.165) is 25.9 Å². The number of rotatable bonds is 3. The Hall–Kier alpha value is -1.59. The van der Waals surface area contributed by atoms with Crippen molar-refractivity contribution in [1.29, 1.82) is 0 Å². The van der Waals surface area contributed by atoms with Gasteiger partial charge in [0.2, 0.25) is 5.91 Å². The number of amides is 1. The maximum absolute atomic E-state index is 12.1. The van der Waals surface area contributed by atoms with Crippen molar-refractivity contribution in [3.05, 3.63) is 29.8 Å². The summed E-state index contributed by atoms with van der Waals surface area (Å²) < 4.78 is 4.65. The number of carbonyl (C=O) groups is 2. The van der Waals surface area contributed by atoms with Crippen molar-refractivity contribution in [3.8, 4) is 0 Å². The highest BCUT2D eigenvalue weighted by molar-refractivity contribution is 5.95. The molecule has 0 radical (unpaired) electrons. The lowest BCUT2D eigenvalue weighted by molar-refractivity contribution is -0.120. The molecular weight excluding hydrogens is 280 g/mol. The summed E-state index contributed by atoms with van der Waals surface area (Å²) in [4.78, 5) is 23.5. The SMILES string of the molecule is COC(=O)c1cccc(NC(=O)C2CCNCC2)c1.Cl. The van der Waals surface area contributed by atoms with E-state index in [2.05, 4.69) is 15.4 Å². The van der Waals surface area contributed by atoms with Gasteiger partial charge in [0.25, 0.3) is 0 Å². The molecule has 0 saturated carbocycles. The summed E-state index contributed by atoms with van der Waals surface area (Å²) in [6.45, 7) is 1.75. The molecule has 1 amide bonds. The Bertz CT molecular complexity index is 473. The van der Waals surface area contributed by atoms with Crippen LogP contribution in [0.4, 0.5) is 5.69 Å². The molecule has 20 heavy (non-hydrogen) atoms. The average Bonchev–Trinajstić information content (AvgIpc) is 2.47. The van der Waals surface area contributed by atoms with E-state index in [1.54, 1.807) is 24.3 Å². The van der Waals surface area contributed by atoms with Crippen molar-refractivity contribution in [2.45, 2.75) is 12.8 Å². The molecule has 0 aromatic heterocycles. The minimum atomic E-state index is -0.405. The minimum Gasteiger partial charge on any atom is -0.465 e. The second-order valence-electron chi connectivity index (χ2n) is 4.59. The predicted octanol–water partition coefficient (Wildman–Crippen LogP) is 1.83. The van der Waals surface area contributed by atoms with Gasteiger partial charge in [0.1, 0.15) is 0 Å². The maximum Gasteiger partial charge on any atom is 0.337 e. The molecule has 0 spiro atoms. The third-order valence-corrected chi connectivity index (χ3v) is 3.26. The molecule has 0 bridgehead atoms. The molecule has 0 aliphatic carbocycles. The zero-order valence-corrected chi connectivity index (χ0v) is 12.2. The third-order valence-electron chi connectivity index (χ3n) is 3.26. The van der Waals surface area contributed by atoms with Crippen molar-refractivity contribution < 1.29 is 14.3 Å². The van der Waals surface area contributed by atoms with E-state index in [4.69, 9.17) is 0 Å². The summed E-state index contributed by atoms with van der Waals surface area (Å²) in [7, 11) is 1.34. The van der Waals surface area contributed by atoms with Gasteiger partial charge < -0.3 is 15.4 Å². The Morgan fingerprint density at radius 1 is 1.30 bits per heavy atom. The first-order valence-electron chi connectivity index (χ1n) is 6.40. The van der Waals surface area contributed by atoms with Crippen LogP contribution in [0.15, 0.2) is 24.3 Å². The van der Waals surface area contributed by atoms with Crippen molar-refractivity contribution >= 4 is 30.0 Å². The molecule has 1 aliphatic heterocycles. The van der Waals surface area contributed by atoms with Gasteiger partial charge in [0, 0.05) is 11.6 Å².